The molecule has 3 aromatic rings. The Hall–Kier alpha value is -2.63. The van der Waals surface area contributed by atoms with Crippen molar-refractivity contribution in [2.24, 2.45) is 0 Å². The van der Waals surface area contributed by atoms with Crippen molar-refractivity contribution in [2.75, 3.05) is 7.11 Å². The molecule has 21 heavy (non-hydrogen) atoms. The Morgan fingerprint density at radius 1 is 1.24 bits per heavy atom. The summed E-state index contributed by atoms with van der Waals surface area (Å²) in [5, 5.41) is 8.20. The van der Waals surface area contributed by atoms with Crippen LogP contribution < -0.4 is 4.74 Å². The average Bonchev–Trinajstić information content (AvgIpc) is 3.09. The van der Waals surface area contributed by atoms with Gasteiger partial charge in [0.15, 0.2) is 5.82 Å². The lowest BCUT2D eigenvalue weighted by molar-refractivity contribution is 0.362. The predicted octanol–water partition coefficient (Wildman–Crippen LogP) is 2.22. The molecule has 0 saturated carbocycles. The molecule has 6 nitrogen and oxygen atoms in total. The van der Waals surface area contributed by atoms with E-state index < -0.39 is 0 Å². The highest BCUT2D eigenvalue weighted by molar-refractivity contribution is 5.28. The molecule has 1 aromatic carbocycles. The molecule has 0 aliphatic rings. The van der Waals surface area contributed by atoms with Crippen LogP contribution in [0.3, 0.4) is 0 Å². The zero-order chi connectivity index (χ0) is 14.7. The zero-order valence-electron chi connectivity index (χ0n) is 12.0. The Morgan fingerprint density at radius 2 is 2.05 bits per heavy atom. The van der Waals surface area contributed by atoms with Crippen molar-refractivity contribution in [3.63, 3.8) is 0 Å². The standard InChI is InChI=1S/C15H16N4O2/c1-11-8-16-19(9-11)10-15-17-14(18-21-15)7-12-3-5-13(20-2)6-4-12/h3-6,8-9H,7,10H2,1-2H3. The Labute approximate surface area is 122 Å². The lowest BCUT2D eigenvalue weighted by atomic mass is 10.1. The quantitative estimate of drug-likeness (QED) is 0.718. The SMILES string of the molecule is COc1ccc(Cc2noc(Cn3cc(C)cn3)n2)cc1. The summed E-state index contributed by atoms with van der Waals surface area (Å²) < 4.78 is 12.2. The minimum absolute atomic E-state index is 0.490. The summed E-state index contributed by atoms with van der Waals surface area (Å²) in [6.45, 7) is 2.48. The number of hydrogen-bond acceptors (Lipinski definition) is 5. The number of aromatic nitrogens is 4. The Bertz CT molecular complexity index is 715. The van der Waals surface area contributed by atoms with Crippen molar-refractivity contribution in [1.82, 2.24) is 19.9 Å². The largest absolute Gasteiger partial charge is 0.497 e. The molecule has 0 amide bonds. The molecule has 0 aliphatic heterocycles. The van der Waals surface area contributed by atoms with Gasteiger partial charge in [-0.3, -0.25) is 4.68 Å². The molecule has 6 heteroatoms. The summed E-state index contributed by atoms with van der Waals surface area (Å²) in [6, 6.07) is 7.82. The number of methoxy groups -OCH3 is 1. The van der Waals surface area contributed by atoms with Crippen LogP contribution in [-0.4, -0.2) is 27.0 Å². The van der Waals surface area contributed by atoms with Crippen LogP contribution in [0.4, 0.5) is 0 Å². The second kappa shape index (κ2) is 5.78. The van der Waals surface area contributed by atoms with Gasteiger partial charge in [-0.1, -0.05) is 17.3 Å². The van der Waals surface area contributed by atoms with E-state index in [4.69, 9.17) is 9.26 Å². The van der Waals surface area contributed by atoms with Crippen molar-refractivity contribution in [2.45, 2.75) is 19.9 Å². The fourth-order valence-corrected chi connectivity index (χ4v) is 2.04. The van der Waals surface area contributed by atoms with E-state index in [2.05, 4.69) is 15.2 Å². The predicted molar refractivity (Wildman–Crippen MR) is 76.2 cm³/mol. The third kappa shape index (κ3) is 3.28. The van der Waals surface area contributed by atoms with Crippen LogP contribution in [0.5, 0.6) is 5.75 Å². The van der Waals surface area contributed by atoms with E-state index in [0.29, 0.717) is 24.7 Å². The van der Waals surface area contributed by atoms with Gasteiger partial charge in [-0.15, -0.1) is 0 Å². The molecular formula is C15H16N4O2. The first-order chi connectivity index (χ1) is 10.2. The van der Waals surface area contributed by atoms with Crippen LogP contribution in [0.25, 0.3) is 0 Å². The van der Waals surface area contributed by atoms with E-state index in [0.717, 1.165) is 16.9 Å². The number of benzene rings is 1. The van der Waals surface area contributed by atoms with Crippen LogP contribution in [0.1, 0.15) is 22.8 Å². The van der Waals surface area contributed by atoms with E-state index in [9.17, 15) is 0 Å². The maximum atomic E-state index is 5.25. The molecule has 0 spiro atoms. The van der Waals surface area contributed by atoms with Gasteiger partial charge in [0.1, 0.15) is 12.3 Å². The molecule has 2 heterocycles. The molecule has 2 aromatic heterocycles. The molecule has 0 N–H and O–H groups in total. The molecule has 0 unspecified atom stereocenters. The molecule has 0 radical (unpaired) electrons. The molecule has 0 saturated heterocycles. The summed E-state index contributed by atoms with van der Waals surface area (Å²) in [7, 11) is 1.65. The first-order valence-electron chi connectivity index (χ1n) is 6.66. The van der Waals surface area contributed by atoms with Crippen molar-refractivity contribution in [3.8, 4) is 5.75 Å². The fraction of sp³-hybridized carbons (Fsp3) is 0.267. The third-order valence-electron chi connectivity index (χ3n) is 3.09. The highest BCUT2D eigenvalue weighted by Gasteiger charge is 2.08. The number of rotatable bonds is 5. The summed E-state index contributed by atoms with van der Waals surface area (Å²) in [5.74, 6) is 2.06. The van der Waals surface area contributed by atoms with Crippen molar-refractivity contribution >= 4 is 0 Å². The monoisotopic (exact) mass is 284 g/mol. The second-order valence-corrected chi connectivity index (χ2v) is 4.84. The normalized spacial score (nSPS) is 10.8. The van der Waals surface area contributed by atoms with Crippen molar-refractivity contribution in [3.05, 3.63) is 59.5 Å². The van der Waals surface area contributed by atoms with E-state index in [1.165, 1.54) is 0 Å². The topological polar surface area (TPSA) is 66.0 Å². The second-order valence-electron chi connectivity index (χ2n) is 4.84. The average molecular weight is 284 g/mol. The highest BCUT2D eigenvalue weighted by atomic mass is 16.5. The molecule has 108 valence electrons. The lowest BCUT2D eigenvalue weighted by Gasteiger charge is -2.00. The van der Waals surface area contributed by atoms with Crippen LogP contribution in [0.2, 0.25) is 0 Å². The third-order valence-corrected chi connectivity index (χ3v) is 3.09. The minimum atomic E-state index is 0.490. The zero-order valence-corrected chi connectivity index (χ0v) is 12.0. The molecular weight excluding hydrogens is 268 g/mol. The van der Waals surface area contributed by atoms with E-state index >= 15 is 0 Å². The van der Waals surface area contributed by atoms with Gasteiger partial charge in [0.2, 0.25) is 5.89 Å². The van der Waals surface area contributed by atoms with E-state index in [1.54, 1.807) is 18.0 Å². The van der Waals surface area contributed by atoms with Crippen LogP contribution in [0.15, 0.2) is 41.2 Å². The van der Waals surface area contributed by atoms with E-state index in [-0.39, 0.29) is 0 Å². The van der Waals surface area contributed by atoms with Gasteiger partial charge in [0.05, 0.1) is 13.3 Å². The van der Waals surface area contributed by atoms with Crippen molar-refractivity contribution in [1.29, 1.82) is 0 Å². The fourth-order valence-electron chi connectivity index (χ4n) is 2.04. The van der Waals surface area contributed by atoms with Gasteiger partial charge >= 0.3 is 0 Å². The first-order valence-corrected chi connectivity index (χ1v) is 6.66. The summed E-state index contributed by atoms with van der Waals surface area (Å²) in [5.41, 5.74) is 2.21. The molecule has 0 atom stereocenters. The molecule has 0 bridgehead atoms. The molecule has 3 rings (SSSR count). The Balaban J connectivity index is 1.66. The van der Waals surface area contributed by atoms with Gasteiger partial charge in [-0.05, 0) is 30.2 Å². The summed E-state index contributed by atoms with van der Waals surface area (Å²) in [6.07, 6.45) is 4.37. The van der Waals surface area contributed by atoms with Gasteiger partial charge in [-0.2, -0.15) is 10.1 Å². The lowest BCUT2D eigenvalue weighted by Crippen LogP contribution is -2.00. The Morgan fingerprint density at radius 3 is 2.71 bits per heavy atom. The van der Waals surface area contributed by atoms with E-state index in [1.807, 2.05) is 37.4 Å². The highest BCUT2D eigenvalue weighted by Crippen LogP contribution is 2.14. The smallest absolute Gasteiger partial charge is 0.248 e. The molecule has 0 aliphatic carbocycles. The Kier molecular flexibility index (Phi) is 3.68. The van der Waals surface area contributed by atoms with Gasteiger partial charge < -0.3 is 9.26 Å². The molecule has 0 fully saturated rings. The maximum Gasteiger partial charge on any atom is 0.248 e. The number of ether oxygens (including phenoxy) is 1. The number of aryl methyl sites for hydroxylation is 1. The first kappa shape index (κ1) is 13.4. The summed E-state index contributed by atoms with van der Waals surface area (Å²) >= 11 is 0. The minimum Gasteiger partial charge on any atom is -0.497 e. The van der Waals surface area contributed by atoms with Gasteiger partial charge in [0.25, 0.3) is 0 Å². The van der Waals surface area contributed by atoms with Gasteiger partial charge in [-0.25, -0.2) is 0 Å². The van der Waals surface area contributed by atoms with Crippen LogP contribution >= 0.6 is 0 Å². The number of nitrogens with zero attached hydrogens (tertiary/aromatic N) is 4. The van der Waals surface area contributed by atoms with Crippen LogP contribution in [0, 0.1) is 6.92 Å². The van der Waals surface area contributed by atoms with Crippen LogP contribution in [-0.2, 0) is 13.0 Å². The van der Waals surface area contributed by atoms with Crippen molar-refractivity contribution < 1.29 is 9.26 Å². The maximum absolute atomic E-state index is 5.25. The van der Waals surface area contributed by atoms with Gasteiger partial charge in [0, 0.05) is 12.6 Å². The summed E-state index contributed by atoms with van der Waals surface area (Å²) in [4.78, 5) is 4.38. The number of hydrogen-bond donors (Lipinski definition) is 0.